The first-order chi connectivity index (χ1) is 12.6. The van der Waals surface area contributed by atoms with Crippen LogP contribution >= 0.6 is 11.3 Å². The summed E-state index contributed by atoms with van der Waals surface area (Å²) in [4.78, 5) is 20.0. The Bertz CT molecular complexity index is 712. The molecule has 2 heterocycles. The van der Waals surface area contributed by atoms with Gasteiger partial charge in [0.25, 0.3) is 0 Å². The van der Waals surface area contributed by atoms with Crippen LogP contribution in [0.1, 0.15) is 25.0 Å². The summed E-state index contributed by atoms with van der Waals surface area (Å²) in [7, 11) is 0. The number of aliphatic carboxylic acids is 1. The molecular formula is C19H24FN3O2S. The summed E-state index contributed by atoms with van der Waals surface area (Å²) in [5.41, 5.74) is 2.01. The zero-order chi connectivity index (χ0) is 18.4. The first-order valence-corrected chi connectivity index (χ1v) is 9.85. The third kappa shape index (κ3) is 5.59. The van der Waals surface area contributed by atoms with Crippen LogP contribution in [0, 0.1) is 5.82 Å². The number of carboxylic acids is 1. The number of thiazole rings is 1. The summed E-state index contributed by atoms with van der Waals surface area (Å²) in [6, 6.07) is 6.46. The highest BCUT2D eigenvalue weighted by Crippen LogP contribution is 2.24. The fourth-order valence-electron chi connectivity index (χ4n) is 3.12. The predicted octanol–water partition coefficient (Wildman–Crippen LogP) is 3.32. The van der Waals surface area contributed by atoms with E-state index >= 15 is 0 Å². The Hall–Kier alpha value is -1.83. The Morgan fingerprint density at radius 3 is 2.50 bits per heavy atom. The average Bonchev–Trinajstić information content (AvgIpc) is 3.09. The van der Waals surface area contributed by atoms with Crippen molar-refractivity contribution < 1.29 is 14.3 Å². The van der Waals surface area contributed by atoms with E-state index in [0.717, 1.165) is 68.4 Å². The van der Waals surface area contributed by atoms with Gasteiger partial charge in [-0.25, -0.2) is 9.37 Å². The van der Waals surface area contributed by atoms with Gasteiger partial charge in [0.1, 0.15) is 10.8 Å². The molecule has 1 fully saturated rings. The highest BCUT2D eigenvalue weighted by molar-refractivity contribution is 7.13. The molecule has 0 atom stereocenters. The topological polar surface area (TPSA) is 56.7 Å². The van der Waals surface area contributed by atoms with Gasteiger partial charge in [0.05, 0.1) is 5.69 Å². The molecule has 0 radical (unpaired) electrons. The van der Waals surface area contributed by atoms with Gasteiger partial charge in [-0.15, -0.1) is 11.3 Å². The van der Waals surface area contributed by atoms with Crippen LogP contribution in [0.25, 0.3) is 10.6 Å². The smallest absolute Gasteiger partial charge is 0.303 e. The number of piperazine rings is 1. The molecule has 26 heavy (non-hydrogen) atoms. The summed E-state index contributed by atoms with van der Waals surface area (Å²) in [5, 5.41) is 11.7. The molecule has 2 aromatic rings. The van der Waals surface area contributed by atoms with E-state index in [2.05, 4.69) is 20.2 Å². The average molecular weight is 377 g/mol. The molecule has 1 aromatic carbocycles. The summed E-state index contributed by atoms with van der Waals surface area (Å²) in [6.07, 6.45) is 1.96. The highest BCUT2D eigenvalue weighted by atomic mass is 32.1. The number of carbonyl (C=O) groups is 1. The van der Waals surface area contributed by atoms with Crippen LogP contribution in [0.5, 0.6) is 0 Å². The van der Waals surface area contributed by atoms with Gasteiger partial charge in [0, 0.05) is 50.1 Å². The summed E-state index contributed by atoms with van der Waals surface area (Å²) < 4.78 is 13.0. The third-order valence-corrected chi connectivity index (χ3v) is 5.55. The first-order valence-electron chi connectivity index (χ1n) is 8.97. The number of hydrogen-bond donors (Lipinski definition) is 1. The van der Waals surface area contributed by atoms with E-state index in [-0.39, 0.29) is 12.2 Å². The van der Waals surface area contributed by atoms with Crippen molar-refractivity contribution in [3.63, 3.8) is 0 Å². The third-order valence-electron chi connectivity index (χ3n) is 4.61. The van der Waals surface area contributed by atoms with E-state index in [1.807, 2.05) is 0 Å². The molecule has 0 saturated carbocycles. The van der Waals surface area contributed by atoms with E-state index in [4.69, 9.17) is 5.11 Å². The van der Waals surface area contributed by atoms with Crippen LogP contribution < -0.4 is 0 Å². The Balaban J connectivity index is 1.42. The van der Waals surface area contributed by atoms with E-state index in [0.29, 0.717) is 0 Å². The van der Waals surface area contributed by atoms with Gasteiger partial charge in [-0.2, -0.15) is 0 Å². The molecule has 0 aliphatic carbocycles. The molecule has 7 heteroatoms. The fraction of sp³-hybridized carbons (Fsp3) is 0.474. The van der Waals surface area contributed by atoms with Crippen molar-refractivity contribution in [2.75, 3.05) is 32.7 Å². The molecule has 3 rings (SSSR count). The largest absolute Gasteiger partial charge is 0.481 e. The number of rotatable bonds is 8. The standard InChI is InChI=1S/C19H24FN3O2S/c20-16-6-4-15(5-7-16)19-21-17(14-26-19)13-23-11-9-22(10-12-23)8-2-1-3-18(24)25/h4-7,14H,1-3,8-13H2,(H,24,25). The van der Waals surface area contributed by atoms with E-state index in [1.165, 1.54) is 12.1 Å². The maximum atomic E-state index is 13.0. The second-order valence-corrected chi connectivity index (χ2v) is 7.48. The maximum absolute atomic E-state index is 13.0. The van der Waals surface area contributed by atoms with Crippen molar-refractivity contribution in [3.05, 3.63) is 41.2 Å². The molecule has 140 valence electrons. The van der Waals surface area contributed by atoms with Crippen molar-refractivity contribution >= 4 is 17.3 Å². The quantitative estimate of drug-likeness (QED) is 0.715. The zero-order valence-electron chi connectivity index (χ0n) is 14.7. The fourth-order valence-corrected chi connectivity index (χ4v) is 3.93. The van der Waals surface area contributed by atoms with Gasteiger partial charge in [0.15, 0.2) is 0 Å². The monoisotopic (exact) mass is 377 g/mol. The lowest BCUT2D eigenvalue weighted by Crippen LogP contribution is -2.46. The van der Waals surface area contributed by atoms with Crippen LogP contribution in [0.3, 0.4) is 0 Å². The number of halogens is 1. The van der Waals surface area contributed by atoms with Crippen LogP contribution in [0.2, 0.25) is 0 Å². The van der Waals surface area contributed by atoms with Crippen LogP contribution in [-0.4, -0.2) is 58.6 Å². The number of hydrogen-bond acceptors (Lipinski definition) is 5. The minimum Gasteiger partial charge on any atom is -0.481 e. The molecular weight excluding hydrogens is 353 g/mol. The summed E-state index contributed by atoms with van der Waals surface area (Å²) in [5.74, 6) is -0.940. The van der Waals surface area contributed by atoms with E-state index in [9.17, 15) is 9.18 Å². The molecule has 5 nitrogen and oxygen atoms in total. The molecule has 1 aliphatic heterocycles. The number of benzene rings is 1. The number of carboxylic acid groups (broad SMARTS) is 1. The number of nitrogens with zero attached hydrogens (tertiary/aromatic N) is 3. The lowest BCUT2D eigenvalue weighted by atomic mass is 10.2. The van der Waals surface area contributed by atoms with Crippen LogP contribution in [-0.2, 0) is 11.3 Å². The predicted molar refractivity (Wildman–Crippen MR) is 101 cm³/mol. The molecule has 1 aromatic heterocycles. The summed E-state index contributed by atoms with van der Waals surface area (Å²) >= 11 is 1.59. The lowest BCUT2D eigenvalue weighted by molar-refractivity contribution is -0.137. The minimum absolute atomic E-state index is 0.230. The van der Waals surface area contributed by atoms with Crippen molar-refractivity contribution in [2.45, 2.75) is 25.8 Å². The van der Waals surface area contributed by atoms with Crippen LogP contribution in [0.4, 0.5) is 4.39 Å². The molecule has 0 bridgehead atoms. The van der Waals surface area contributed by atoms with Crippen molar-refractivity contribution in [1.82, 2.24) is 14.8 Å². The van der Waals surface area contributed by atoms with Crippen molar-refractivity contribution in [2.24, 2.45) is 0 Å². The Morgan fingerprint density at radius 2 is 1.81 bits per heavy atom. The summed E-state index contributed by atoms with van der Waals surface area (Å²) in [6.45, 7) is 5.85. The molecule has 1 N–H and O–H groups in total. The van der Waals surface area contributed by atoms with Gasteiger partial charge in [-0.1, -0.05) is 0 Å². The first kappa shape index (κ1) is 18.9. The second kappa shape index (κ2) is 9.21. The van der Waals surface area contributed by atoms with Crippen molar-refractivity contribution in [3.8, 4) is 10.6 Å². The Morgan fingerprint density at radius 1 is 1.12 bits per heavy atom. The van der Waals surface area contributed by atoms with Gasteiger partial charge >= 0.3 is 5.97 Å². The zero-order valence-corrected chi connectivity index (χ0v) is 15.6. The van der Waals surface area contributed by atoms with Gasteiger partial charge < -0.3 is 10.0 Å². The molecule has 0 unspecified atom stereocenters. The normalized spacial score (nSPS) is 16.0. The number of unbranched alkanes of at least 4 members (excludes halogenated alkanes) is 1. The molecule has 1 aliphatic rings. The van der Waals surface area contributed by atoms with Crippen LogP contribution in [0.15, 0.2) is 29.6 Å². The SMILES string of the molecule is O=C(O)CCCCN1CCN(Cc2csc(-c3ccc(F)cc3)n2)CC1. The van der Waals surface area contributed by atoms with Gasteiger partial charge in [0.2, 0.25) is 0 Å². The Kier molecular flexibility index (Phi) is 6.71. The lowest BCUT2D eigenvalue weighted by Gasteiger charge is -2.34. The van der Waals surface area contributed by atoms with E-state index in [1.54, 1.807) is 23.5 Å². The van der Waals surface area contributed by atoms with Gasteiger partial charge in [-0.05, 0) is 43.7 Å². The molecule has 0 spiro atoms. The maximum Gasteiger partial charge on any atom is 0.303 e. The number of aromatic nitrogens is 1. The minimum atomic E-state index is -0.710. The Labute approximate surface area is 157 Å². The van der Waals surface area contributed by atoms with Crippen molar-refractivity contribution in [1.29, 1.82) is 0 Å². The van der Waals surface area contributed by atoms with Gasteiger partial charge in [-0.3, -0.25) is 9.69 Å². The van der Waals surface area contributed by atoms with E-state index < -0.39 is 5.97 Å². The molecule has 1 saturated heterocycles. The second-order valence-electron chi connectivity index (χ2n) is 6.62. The highest BCUT2D eigenvalue weighted by Gasteiger charge is 2.17. The molecule has 0 amide bonds.